The minimum Gasteiger partial charge on any atom is -0.367 e. The highest BCUT2D eigenvalue weighted by atomic mass is 16.1. The number of carbonyl (C=O) groups excluding carboxylic acids is 1. The smallest absolute Gasteiger partial charge is 0.249 e. The molecule has 0 radical (unpaired) electrons. The van der Waals surface area contributed by atoms with Crippen LogP contribution in [0.5, 0.6) is 0 Å². The molecule has 0 spiro atoms. The monoisotopic (exact) mass is 99.0 g/mol. The maximum atomic E-state index is 9.81. The molecule has 0 saturated carbocycles. The van der Waals surface area contributed by atoms with Gasteiger partial charge < -0.3 is 11.5 Å². The highest BCUT2D eigenvalue weighted by Gasteiger charge is 2.03. The van der Waals surface area contributed by atoms with Gasteiger partial charge in [0.15, 0.2) is 6.04 Å². The van der Waals surface area contributed by atoms with Gasteiger partial charge in [0.2, 0.25) is 5.91 Å². The minimum absolute atomic E-state index is 0.789. The summed E-state index contributed by atoms with van der Waals surface area (Å²) in [5.74, 6) is -0.789. The van der Waals surface area contributed by atoms with Gasteiger partial charge in [-0.25, -0.2) is 0 Å². The third kappa shape index (κ3) is 1.73. The number of carbonyl (C=O) groups is 1. The number of nitrogens with two attached hydrogens (primary N) is 2. The van der Waals surface area contributed by atoms with Crippen molar-refractivity contribution in [3.63, 3.8) is 0 Å². The molecule has 0 aliphatic rings. The number of primary amides is 1. The number of amides is 1. The van der Waals surface area contributed by atoms with Gasteiger partial charge in [0, 0.05) is 0 Å². The van der Waals surface area contributed by atoms with Gasteiger partial charge in [0.25, 0.3) is 0 Å². The van der Waals surface area contributed by atoms with E-state index in [1.165, 1.54) is 6.07 Å². The summed E-state index contributed by atoms with van der Waals surface area (Å²) in [6.45, 7) is 0. The van der Waals surface area contributed by atoms with Crippen LogP contribution < -0.4 is 11.5 Å². The standard InChI is InChI=1S/C3H5N3O/c4-1-2(5)3(6)7/h2H,5H2,(H2,6,7)/t2-/m0/s1. The normalized spacial score (nSPS) is 12.0. The molecule has 0 fully saturated rings. The van der Waals surface area contributed by atoms with Crippen LogP contribution in [0.4, 0.5) is 0 Å². The predicted octanol–water partition coefficient (Wildman–Crippen LogP) is -1.68. The molecule has 0 unspecified atom stereocenters. The van der Waals surface area contributed by atoms with Gasteiger partial charge in [-0.3, -0.25) is 4.79 Å². The van der Waals surface area contributed by atoms with Crippen molar-refractivity contribution in [3.05, 3.63) is 0 Å². The average molecular weight is 99.1 g/mol. The fraction of sp³-hybridized carbons (Fsp3) is 0.333. The summed E-state index contributed by atoms with van der Waals surface area (Å²) in [7, 11) is 0. The summed E-state index contributed by atoms with van der Waals surface area (Å²) in [6, 6.07) is 0.315. The van der Waals surface area contributed by atoms with Gasteiger partial charge in [-0.05, 0) is 0 Å². The molecule has 0 aromatic carbocycles. The van der Waals surface area contributed by atoms with Crippen LogP contribution in [0.1, 0.15) is 0 Å². The van der Waals surface area contributed by atoms with Crippen LogP contribution in [-0.2, 0) is 4.79 Å². The van der Waals surface area contributed by atoms with Crippen LogP contribution in [0, 0.1) is 11.3 Å². The summed E-state index contributed by atoms with van der Waals surface area (Å²) in [6.07, 6.45) is 0. The van der Waals surface area contributed by atoms with Crippen molar-refractivity contribution in [2.45, 2.75) is 6.04 Å². The second kappa shape index (κ2) is 2.16. The zero-order valence-electron chi connectivity index (χ0n) is 3.59. The molecule has 0 rings (SSSR count). The lowest BCUT2D eigenvalue weighted by Crippen LogP contribution is -2.34. The largest absolute Gasteiger partial charge is 0.367 e. The molecule has 4 heteroatoms. The van der Waals surface area contributed by atoms with Crippen molar-refractivity contribution in [1.29, 1.82) is 5.26 Å². The van der Waals surface area contributed by atoms with Crippen molar-refractivity contribution in [2.75, 3.05) is 0 Å². The SMILES string of the molecule is N#C[C@H](N)C(N)=O. The molecule has 0 saturated heterocycles. The van der Waals surface area contributed by atoms with Gasteiger partial charge in [-0.1, -0.05) is 0 Å². The fourth-order valence-electron chi connectivity index (χ4n) is 0.0636. The quantitative estimate of drug-likeness (QED) is 0.411. The molecule has 1 amide bonds. The van der Waals surface area contributed by atoms with E-state index >= 15 is 0 Å². The Bertz CT molecular complexity index is 114. The van der Waals surface area contributed by atoms with Crippen LogP contribution in [0.25, 0.3) is 0 Å². The Morgan fingerprint density at radius 3 is 2.29 bits per heavy atom. The molecule has 0 aliphatic carbocycles. The Hall–Kier alpha value is -1.08. The summed E-state index contributed by atoms with van der Waals surface area (Å²) >= 11 is 0. The van der Waals surface area contributed by atoms with E-state index in [1.54, 1.807) is 0 Å². The van der Waals surface area contributed by atoms with E-state index in [0.29, 0.717) is 0 Å². The second-order valence-electron chi connectivity index (χ2n) is 1.01. The van der Waals surface area contributed by atoms with Crippen molar-refractivity contribution in [2.24, 2.45) is 11.5 Å². The maximum Gasteiger partial charge on any atom is 0.249 e. The van der Waals surface area contributed by atoms with E-state index in [0.717, 1.165) is 0 Å². The Kier molecular flexibility index (Phi) is 1.82. The van der Waals surface area contributed by atoms with Crippen LogP contribution in [0.15, 0.2) is 0 Å². The van der Waals surface area contributed by atoms with Crippen molar-refractivity contribution in [1.82, 2.24) is 0 Å². The van der Waals surface area contributed by atoms with Gasteiger partial charge >= 0.3 is 0 Å². The Morgan fingerprint density at radius 2 is 2.29 bits per heavy atom. The molecule has 4 N–H and O–H groups in total. The lowest BCUT2D eigenvalue weighted by atomic mass is 10.3. The molecule has 0 aliphatic heterocycles. The number of nitrogens with zero attached hydrogens (tertiary/aromatic N) is 1. The summed E-state index contributed by atoms with van der Waals surface area (Å²) in [5, 5.41) is 7.83. The van der Waals surface area contributed by atoms with Gasteiger partial charge in [0.05, 0.1) is 6.07 Å². The van der Waals surface area contributed by atoms with Crippen molar-refractivity contribution < 1.29 is 4.79 Å². The number of hydrogen-bond donors (Lipinski definition) is 2. The third-order valence-corrected chi connectivity index (χ3v) is 0.446. The Balaban J connectivity index is 3.63. The minimum atomic E-state index is -1.15. The highest BCUT2D eigenvalue weighted by Crippen LogP contribution is 1.65. The molecule has 38 valence electrons. The third-order valence-electron chi connectivity index (χ3n) is 0.446. The zero-order chi connectivity index (χ0) is 5.86. The van der Waals surface area contributed by atoms with Crippen LogP contribution in [-0.4, -0.2) is 11.9 Å². The first-order valence-electron chi connectivity index (χ1n) is 1.63. The summed E-state index contributed by atoms with van der Waals surface area (Å²) in [5.41, 5.74) is 9.34. The molecule has 1 atom stereocenters. The van der Waals surface area contributed by atoms with Crippen LogP contribution >= 0.6 is 0 Å². The molecule has 0 aromatic rings. The summed E-state index contributed by atoms with van der Waals surface area (Å²) in [4.78, 5) is 9.81. The predicted molar refractivity (Wildman–Crippen MR) is 22.8 cm³/mol. The zero-order valence-corrected chi connectivity index (χ0v) is 3.59. The molecule has 7 heavy (non-hydrogen) atoms. The first-order valence-corrected chi connectivity index (χ1v) is 1.63. The van der Waals surface area contributed by atoms with Gasteiger partial charge in [0.1, 0.15) is 0 Å². The van der Waals surface area contributed by atoms with E-state index in [4.69, 9.17) is 11.0 Å². The molecule has 4 nitrogen and oxygen atoms in total. The molecule has 0 heterocycles. The fourth-order valence-corrected chi connectivity index (χ4v) is 0.0636. The maximum absolute atomic E-state index is 9.81. The van der Waals surface area contributed by atoms with Crippen molar-refractivity contribution >= 4 is 5.91 Å². The van der Waals surface area contributed by atoms with E-state index in [9.17, 15) is 4.79 Å². The Labute approximate surface area is 40.7 Å². The van der Waals surface area contributed by atoms with E-state index < -0.39 is 11.9 Å². The van der Waals surface area contributed by atoms with Crippen molar-refractivity contribution in [3.8, 4) is 6.07 Å². The first kappa shape index (κ1) is 5.92. The first-order chi connectivity index (χ1) is 3.18. The van der Waals surface area contributed by atoms with E-state index in [2.05, 4.69) is 5.73 Å². The van der Waals surface area contributed by atoms with Gasteiger partial charge in [-0.15, -0.1) is 0 Å². The molecule has 0 aromatic heterocycles. The number of rotatable bonds is 1. The average Bonchev–Trinajstić information content (AvgIpc) is 1.65. The molecule has 0 bridgehead atoms. The Morgan fingerprint density at radius 1 is 1.86 bits per heavy atom. The van der Waals surface area contributed by atoms with Crippen LogP contribution in [0.2, 0.25) is 0 Å². The topological polar surface area (TPSA) is 92.9 Å². The number of hydrogen-bond acceptors (Lipinski definition) is 3. The lowest BCUT2D eigenvalue weighted by molar-refractivity contribution is -0.118. The highest BCUT2D eigenvalue weighted by molar-refractivity contribution is 5.82. The van der Waals surface area contributed by atoms with E-state index in [-0.39, 0.29) is 0 Å². The number of nitriles is 1. The molecular weight excluding hydrogens is 94.1 g/mol. The van der Waals surface area contributed by atoms with E-state index in [1.807, 2.05) is 0 Å². The van der Waals surface area contributed by atoms with Gasteiger partial charge in [-0.2, -0.15) is 5.26 Å². The lowest BCUT2D eigenvalue weighted by Gasteiger charge is -1.88. The summed E-state index contributed by atoms with van der Waals surface area (Å²) < 4.78 is 0. The van der Waals surface area contributed by atoms with Crippen LogP contribution in [0.3, 0.4) is 0 Å². The molecular formula is C3H5N3O. The second-order valence-corrected chi connectivity index (χ2v) is 1.01.